The van der Waals surface area contributed by atoms with Crippen LogP contribution in [0, 0.1) is 0 Å². The molecule has 0 rings (SSSR count). The van der Waals surface area contributed by atoms with Crippen molar-refractivity contribution in [2.75, 3.05) is 5.34 Å². The van der Waals surface area contributed by atoms with Crippen LogP contribution in [0.1, 0.15) is 0 Å². The maximum absolute atomic E-state index is 8.74. The maximum atomic E-state index is 8.74. The molecule has 0 aromatic heterocycles. The van der Waals surface area contributed by atoms with E-state index < -0.39 is 8.25 Å². The largest absolute Gasteiger partial charge is 0.326 e. The Morgan fingerprint density at radius 3 is 1.22 bits per heavy atom. The molecule has 3 nitrogen and oxygen atoms in total. The first-order valence-electron chi connectivity index (χ1n) is 1.19. The quantitative estimate of drug-likeness (QED) is 0.499. The Hall–Kier alpha value is 1.31. The van der Waals surface area contributed by atoms with E-state index in [1.54, 1.807) is 0 Å². The van der Waals surface area contributed by atoms with E-state index in [1.807, 2.05) is 0 Å². The molecule has 0 radical (unpaired) electrons. The number of hydrogen-bond donors (Lipinski definition) is 2. The Morgan fingerprint density at radius 2 is 1.22 bits per heavy atom. The first-order valence-corrected chi connectivity index (χ1v) is 3.56. The highest BCUT2D eigenvalue weighted by molar-refractivity contribution is 7.30. The predicted molar refractivity (Wildman–Crippen MR) is 44.5 cm³/mol. The Balaban J connectivity index is -0.0000000233. The van der Waals surface area contributed by atoms with Crippen LogP contribution in [0.5, 0.6) is 0 Å². The van der Waals surface area contributed by atoms with Gasteiger partial charge >= 0.3 is 8.25 Å². The van der Waals surface area contributed by atoms with Gasteiger partial charge in [-0.15, -0.1) is 48.0 Å². The van der Waals surface area contributed by atoms with Gasteiger partial charge in [0.1, 0.15) is 0 Å². The van der Waals surface area contributed by atoms with Gasteiger partial charge in [0.05, 0.1) is 5.34 Å². The van der Waals surface area contributed by atoms with Crippen LogP contribution in [-0.2, 0) is 4.57 Å². The van der Waals surface area contributed by atoms with Crippen LogP contribution < -0.4 is 0 Å². The summed E-state index contributed by atoms with van der Waals surface area (Å²) in [6.45, 7) is 0. The van der Waals surface area contributed by atoms with Crippen molar-refractivity contribution in [2.24, 2.45) is 0 Å². The summed E-state index contributed by atoms with van der Waals surface area (Å²) in [6, 6.07) is 0. The topological polar surface area (TPSA) is 57.5 Å². The molecule has 0 aliphatic rings. The van der Waals surface area contributed by atoms with Gasteiger partial charge in [-0.3, -0.25) is 4.57 Å². The normalized spacial score (nSPS) is 5.89. The van der Waals surface area contributed by atoms with Crippen molar-refractivity contribution in [3.63, 3.8) is 0 Å². The van der Waals surface area contributed by atoms with Crippen molar-refractivity contribution in [3.05, 3.63) is 0 Å². The fourth-order valence-electron chi connectivity index (χ4n) is 0. The standard InChI is InChI=1S/CH2Cl2.2ClH.H3O3P/c2-1-3;;;1-4(2)3/h1H2;2*1H;4H,(H2,1,2,3). The summed E-state index contributed by atoms with van der Waals surface area (Å²) in [7, 11) is -3.13. The predicted octanol–water partition coefficient (Wildman–Crippen LogP) is 1.63. The lowest BCUT2D eigenvalue weighted by atomic mass is 11.9. The van der Waals surface area contributed by atoms with Crippen molar-refractivity contribution in [3.8, 4) is 0 Å². The molecule has 0 aromatic rings. The molecular weight excluding hydrogens is 233 g/mol. The van der Waals surface area contributed by atoms with Crippen LogP contribution >= 0.6 is 56.3 Å². The van der Waals surface area contributed by atoms with E-state index in [0.29, 0.717) is 0 Å². The van der Waals surface area contributed by atoms with Crippen molar-refractivity contribution < 1.29 is 14.4 Å². The summed E-state index contributed by atoms with van der Waals surface area (Å²) in [5.41, 5.74) is 0. The van der Waals surface area contributed by atoms with E-state index in [4.69, 9.17) is 37.6 Å². The van der Waals surface area contributed by atoms with Crippen LogP contribution in [0.3, 0.4) is 0 Å². The molecule has 0 bridgehead atoms. The molecule has 0 saturated heterocycles. The monoisotopic (exact) mass is 238 g/mol. The summed E-state index contributed by atoms with van der Waals surface area (Å²) in [5.74, 6) is 0. The average molecular weight is 240 g/mol. The lowest BCUT2D eigenvalue weighted by Crippen LogP contribution is -1.38. The smallest absolute Gasteiger partial charge is 0.314 e. The first-order chi connectivity index (χ1) is 3.15. The van der Waals surface area contributed by atoms with Crippen LogP contribution in [-0.4, -0.2) is 15.1 Å². The lowest BCUT2D eigenvalue weighted by molar-refractivity contribution is 0.405. The van der Waals surface area contributed by atoms with E-state index in [9.17, 15) is 0 Å². The molecule has 0 unspecified atom stereocenters. The van der Waals surface area contributed by atoms with Gasteiger partial charge < -0.3 is 9.79 Å². The molecule has 0 spiro atoms. The minimum atomic E-state index is -3.13. The highest BCUT2D eigenvalue weighted by atomic mass is 35.5. The Morgan fingerprint density at radius 1 is 1.22 bits per heavy atom. The summed E-state index contributed by atoms with van der Waals surface area (Å²) >= 11 is 9.53. The van der Waals surface area contributed by atoms with Gasteiger partial charge in [0.15, 0.2) is 0 Å². The first kappa shape index (κ1) is 22.4. The third-order valence-corrected chi connectivity index (χ3v) is 0. The van der Waals surface area contributed by atoms with E-state index in [-0.39, 0.29) is 30.2 Å². The lowest BCUT2D eigenvalue weighted by Gasteiger charge is -1.61. The van der Waals surface area contributed by atoms with Crippen LogP contribution in [0.4, 0.5) is 0 Å². The van der Waals surface area contributed by atoms with Crippen molar-refractivity contribution in [2.45, 2.75) is 0 Å². The SMILES string of the molecule is Cl.Cl.ClCCl.O=[PH](O)O. The molecule has 8 heteroatoms. The molecule has 0 fully saturated rings. The summed E-state index contributed by atoms with van der Waals surface area (Å²) in [5, 5.41) is 0.194. The highest BCUT2D eigenvalue weighted by Crippen LogP contribution is 1.98. The molecular formula is CH7Cl4O3P. The van der Waals surface area contributed by atoms with E-state index >= 15 is 0 Å². The molecule has 0 atom stereocenters. The van der Waals surface area contributed by atoms with Gasteiger partial charge in [0.25, 0.3) is 0 Å². The van der Waals surface area contributed by atoms with Gasteiger partial charge in [-0.25, -0.2) is 0 Å². The zero-order valence-electron chi connectivity index (χ0n) is 4.08. The minimum Gasteiger partial charge on any atom is -0.326 e. The Bertz CT molecular complexity index is 47.1. The highest BCUT2D eigenvalue weighted by Gasteiger charge is 1.61. The third kappa shape index (κ3) is 290. The number of halogens is 4. The second-order valence-corrected chi connectivity index (χ2v) is 1.76. The van der Waals surface area contributed by atoms with Gasteiger partial charge in [-0.1, -0.05) is 0 Å². The molecule has 0 saturated carbocycles. The van der Waals surface area contributed by atoms with Crippen LogP contribution in [0.15, 0.2) is 0 Å². The molecule has 2 N–H and O–H groups in total. The molecule has 9 heavy (non-hydrogen) atoms. The Labute approximate surface area is 76.1 Å². The summed E-state index contributed by atoms with van der Waals surface area (Å²) in [4.78, 5) is 14.3. The van der Waals surface area contributed by atoms with Gasteiger partial charge in [0, 0.05) is 0 Å². The number of rotatable bonds is 0. The Kier molecular flexibility index (Phi) is 56.9. The molecule has 0 amide bonds. The second kappa shape index (κ2) is 22.8. The van der Waals surface area contributed by atoms with E-state index in [0.717, 1.165) is 0 Å². The van der Waals surface area contributed by atoms with E-state index in [2.05, 4.69) is 0 Å². The van der Waals surface area contributed by atoms with Crippen LogP contribution in [0.2, 0.25) is 0 Å². The van der Waals surface area contributed by atoms with Gasteiger partial charge in [-0.2, -0.15) is 0 Å². The molecule has 0 aromatic carbocycles. The summed E-state index contributed by atoms with van der Waals surface area (Å²) < 4.78 is 8.74. The molecule has 62 valence electrons. The molecule has 0 heterocycles. The maximum Gasteiger partial charge on any atom is 0.314 e. The molecule has 0 aliphatic heterocycles. The van der Waals surface area contributed by atoms with Crippen molar-refractivity contribution in [1.82, 2.24) is 0 Å². The molecule has 0 aliphatic carbocycles. The summed E-state index contributed by atoms with van der Waals surface area (Å²) in [6.07, 6.45) is 0. The van der Waals surface area contributed by atoms with Crippen molar-refractivity contribution >= 4 is 56.3 Å². The second-order valence-electron chi connectivity index (χ2n) is 0.384. The van der Waals surface area contributed by atoms with Gasteiger partial charge in [0.2, 0.25) is 0 Å². The van der Waals surface area contributed by atoms with Crippen molar-refractivity contribution in [1.29, 1.82) is 0 Å². The fourth-order valence-corrected chi connectivity index (χ4v) is 0. The minimum absolute atomic E-state index is 0. The zero-order valence-corrected chi connectivity index (χ0v) is 8.23. The van der Waals surface area contributed by atoms with Gasteiger partial charge in [-0.05, 0) is 0 Å². The third-order valence-electron chi connectivity index (χ3n) is 0. The zero-order chi connectivity index (χ0) is 6.28. The number of alkyl halides is 2. The average Bonchev–Trinajstić information content (AvgIpc) is 1.33. The fraction of sp³-hybridized carbons (Fsp3) is 1.00. The van der Waals surface area contributed by atoms with E-state index in [1.165, 1.54) is 0 Å². The number of hydrogen-bond acceptors (Lipinski definition) is 1. The van der Waals surface area contributed by atoms with Crippen LogP contribution in [0.25, 0.3) is 0 Å².